The average molecular weight is 263 g/mol. The second-order valence-corrected chi connectivity index (χ2v) is 4.32. The van der Waals surface area contributed by atoms with Crippen LogP contribution in [0.2, 0.25) is 0 Å². The molecule has 0 unspecified atom stereocenters. The second-order valence-electron chi connectivity index (χ2n) is 3.94. The van der Waals surface area contributed by atoms with E-state index >= 15 is 0 Å². The summed E-state index contributed by atoms with van der Waals surface area (Å²) in [6.07, 6.45) is 3.50. The summed E-state index contributed by atoms with van der Waals surface area (Å²) in [6, 6.07) is 0. The minimum absolute atomic E-state index is 0.421. The monoisotopic (exact) mass is 262 g/mol. The summed E-state index contributed by atoms with van der Waals surface area (Å²) in [7, 11) is 0. The summed E-state index contributed by atoms with van der Waals surface area (Å²) in [5.74, 6) is -0.447. The van der Waals surface area contributed by atoms with E-state index in [1.54, 1.807) is 4.90 Å². The van der Waals surface area contributed by atoms with Crippen molar-refractivity contribution in [2.75, 3.05) is 25.5 Å². The number of hydrogen-bond donors (Lipinski definition) is 1. The molecule has 0 spiro atoms. The third kappa shape index (κ3) is 7.21. The van der Waals surface area contributed by atoms with Gasteiger partial charge >= 0.3 is 11.8 Å². The van der Waals surface area contributed by atoms with Gasteiger partial charge < -0.3 is 10.2 Å². The van der Waals surface area contributed by atoms with Gasteiger partial charge in [-0.1, -0.05) is 20.3 Å². The van der Waals surface area contributed by atoms with Gasteiger partial charge in [0.1, 0.15) is 0 Å². The number of halogens is 1. The highest BCUT2D eigenvalue weighted by Crippen LogP contribution is 1.98. The molecule has 0 aromatic carbocycles. The molecule has 5 heteroatoms. The molecule has 0 aromatic rings. The summed E-state index contributed by atoms with van der Waals surface area (Å²) in [5.41, 5.74) is 0. The molecule has 0 bridgehead atoms. The zero-order valence-electron chi connectivity index (χ0n) is 10.8. The first-order valence-corrected chi connectivity index (χ1v) is 6.83. The molecule has 0 atom stereocenters. The number of amides is 2. The number of carbonyl (C=O) groups excluding carboxylic acids is 2. The van der Waals surface area contributed by atoms with Crippen LogP contribution in [0.3, 0.4) is 0 Å². The van der Waals surface area contributed by atoms with Crippen LogP contribution in [0.15, 0.2) is 0 Å². The van der Waals surface area contributed by atoms with Crippen LogP contribution in [-0.4, -0.2) is 42.2 Å². The molecule has 0 rings (SSSR count). The Morgan fingerprint density at radius 1 is 1.12 bits per heavy atom. The fraction of sp³-hybridized carbons (Fsp3) is 0.833. The first kappa shape index (κ1) is 16.2. The van der Waals surface area contributed by atoms with Crippen molar-refractivity contribution in [3.8, 4) is 0 Å². The molecule has 0 saturated carbocycles. The number of hydrogen-bond acceptors (Lipinski definition) is 2. The lowest BCUT2D eigenvalue weighted by atomic mass is 10.3. The van der Waals surface area contributed by atoms with Crippen molar-refractivity contribution >= 4 is 23.4 Å². The highest BCUT2D eigenvalue weighted by Gasteiger charge is 2.19. The maximum atomic E-state index is 11.8. The molecule has 17 heavy (non-hydrogen) atoms. The number of unbranched alkanes of at least 4 members (excludes halogenated alkanes) is 1. The zero-order chi connectivity index (χ0) is 13.1. The predicted molar refractivity (Wildman–Crippen MR) is 70.1 cm³/mol. The topological polar surface area (TPSA) is 49.4 Å². The van der Waals surface area contributed by atoms with Gasteiger partial charge in [0.15, 0.2) is 0 Å². The predicted octanol–water partition coefficient (Wildman–Crippen LogP) is 1.77. The quantitative estimate of drug-likeness (QED) is 0.412. The van der Waals surface area contributed by atoms with Crippen LogP contribution in [-0.2, 0) is 9.59 Å². The Morgan fingerprint density at radius 2 is 1.82 bits per heavy atom. The van der Waals surface area contributed by atoms with Crippen LogP contribution >= 0.6 is 11.6 Å². The Labute approximate surface area is 109 Å². The number of rotatable bonds is 8. The van der Waals surface area contributed by atoms with E-state index in [1.807, 2.05) is 6.92 Å². The van der Waals surface area contributed by atoms with E-state index in [-0.39, 0.29) is 0 Å². The molecular formula is C12H23ClN2O2. The standard InChI is InChI=1S/C12H23ClN2O2/c1-3-5-10-15(9-4-2)12(17)11(16)14-8-6-7-13/h3-10H2,1-2H3,(H,14,16). The van der Waals surface area contributed by atoms with Crippen molar-refractivity contribution < 1.29 is 9.59 Å². The summed E-state index contributed by atoms with van der Waals surface area (Å²) in [5, 5.41) is 2.58. The summed E-state index contributed by atoms with van der Waals surface area (Å²) in [6.45, 7) is 5.82. The highest BCUT2D eigenvalue weighted by molar-refractivity contribution is 6.35. The summed E-state index contributed by atoms with van der Waals surface area (Å²) >= 11 is 5.50. The SMILES string of the molecule is CCCCN(CCC)C(=O)C(=O)NCCCCl. The van der Waals surface area contributed by atoms with E-state index < -0.39 is 11.8 Å². The average Bonchev–Trinajstić information content (AvgIpc) is 2.33. The number of nitrogens with zero attached hydrogens (tertiary/aromatic N) is 1. The van der Waals surface area contributed by atoms with Gasteiger partial charge in [-0.25, -0.2) is 0 Å². The Bertz CT molecular complexity index is 235. The lowest BCUT2D eigenvalue weighted by Gasteiger charge is -2.21. The molecule has 0 saturated heterocycles. The summed E-state index contributed by atoms with van der Waals surface area (Å²) in [4.78, 5) is 25.0. The van der Waals surface area contributed by atoms with Crippen molar-refractivity contribution in [2.45, 2.75) is 39.5 Å². The van der Waals surface area contributed by atoms with E-state index in [2.05, 4.69) is 12.2 Å². The number of alkyl halides is 1. The van der Waals surface area contributed by atoms with Crippen LogP contribution in [0.25, 0.3) is 0 Å². The Morgan fingerprint density at radius 3 is 2.35 bits per heavy atom. The first-order chi connectivity index (χ1) is 8.17. The third-order valence-electron chi connectivity index (χ3n) is 2.35. The van der Waals surface area contributed by atoms with Gasteiger partial charge in [-0.2, -0.15) is 0 Å². The second kappa shape index (κ2) is 10.4. The van der Waals surface area contributed by atoms with Crippen LogP contribution in [0.1, 0.15) is 39.5 Å². The molecule has 0 aliphatic heterocycles. The molecule has 100 valence electrons. The van der Waals surface area contributed by atoms with E-state index in [4.69, 9.17) is 11.6 Å². The molecule has 0 aliphatic carbocycles. The van der Waals surface area contributed by atoms with Crippen molar-refractivity contribution in [1.29, 1.82) is 0 Å². The van der Waals surface area contributed by atoms with E-state index in [9.17, 15) is 9.59 Å². The van der Waals surface area contributed by atoms with E-state index in [0.717, 1.165) is 19.3 Å². The van der Waals surface area contributed by atoms with Crippen LogP contribution in [0.5, 0.6) is 0 Å². The molecule has 0 fully saturated rings. The third-order valence-corrected chi connectivity index (χ3v) is 2.62. The molecule has 1 N–H and O–H groups in total. The van der Waals surface area contributed by atoms with Gasteiger partial charge in [0.2, 0.25) is 0 Å². The molecule has 4 nitrogen and oxygen atoms in total. The molecule has 2 amide bonds. The minimum atomic E-state index is -0.514. The lowest BCUT2D eigenvalue weighted by molar-refractivity contribution is -0.145. The number of nitrogens with one attached hydrogen (secondary N) is 1. The number of carbonyl (C=O) groups is 2. The fourth-order valence-electron chi connectivity index (χ4n) is 1.42. The minimum Gasteiger partial charge on any atom is -0.348 e. The van der Waals surface area contributed by atoms with E-state index in [0.29, 0.717) is 31.9 Å². The maximum absolute atomic E-state index is 11.8. The van der Waals surface area contributed by atoms with Gasteiger partial charge in [-0.3, -0.25) is 9.59 Å². The summed E-state index contributed by atoms with van der Waals surface area (Å²) < 4.78 is 0. The molecule has 0 radical (unpaired) electrons. The van der Waals surface area contributed by atoms with Gasteiger partial charge in [0.05, 0.1) is 0 Å². The lowest BCUT2D eigenvalue weighted by Crippen LogP contribution is -2.44. The van der Waals surface area contributed by atoms with Crippen LogP contribution < -0.4 is 5.32 Å². The zero-order valence-corrected chi connectivity index (χ0v) is 11.6. The first-order valence-electron chi connectivity index (χ1n) is 6.30. The maximum Gasteiger partial charge on any atom is 0.311 e. The van der Waals surface area contributed by atoms with Crippen molar-refractivity contribution in [1.82, 2.24) is 10.2 Å². The van der Waals surface area contributed by atoms with Crippen molar-refractivity contribution in [3.63, 3.8) is 0 Å². The highest BCUT2D eigenvalue weighted by atomic mass is 35.5. The molecule has 0 aromatic heterocycles. The van der Waals surface area contributed by atoms with Crippen LogP contribution in [0.4, 0.5) is 0 Å². The van der Waals surface area contributed by atoms with Gasteiger partial charge in [0.25, 0.3) is 0 Å². The molecule has 0 aliphatic rings. The Kier molecular flexibility index (Phi) is 9.92. The smallest absolute Gasteiger partial charge is 0.311 e. The van der Waals surface area contributed by atoms with Gasteiger partial charge in [0, 0.05) is 25.5 Å². The molecule has 0 heterocycles. The van der Waals surface area contributed by atoms with Gasteiger partial charge in [-0.05, 0) is 19.3 Å². The van der Waals surface area contributed by atoms with Crippen LogP contribution in [0, 0.1) is 0 Å². The Hall–Kier alpha value is -0.770. The van der Waals surface area contributed by atoms with Gasteiger partial charge in [-0.15, -0.1) is 11.6 Å². The Balaban J connectivity index is 4.13. The fourth-order valence-corrected chi connectivity index (χ4v) is 1.56. The van der Waals surface area contributed by atoms with Crippen molar-refractivity contribution in [3.05, 3.63) is 0 Å². The molecular weight excluding hydrogens is 240 g/mol. The van der Waals surface area contributed by atoms with E-state index in [1.165, 1.54) is 0 Å². The normalized spacial score (nSPS) is 10.1. The van der Waals surface area contributed by atoms with Crippen molar-refractivity contribution in [2.24, 2.45) is 0 Å². The largest absolute Gasteiger partial charge is 0.348 e.